The fourth-order valence-electron chi connectivity index (χ4n) is 2.91. The van der Waals surface area contributed by atoms with E-state index in [2.05, 4.69) is 4.74 Å². The van der Waals surface area contributed by atoms with E-state index in [0.717, 1.165) is 46.8 Å². The molecule has 30 heavy (non-hydrogen) atoms. The van der Waals surface area contributed by atoms with Crippen molar-refractivity contribution in [2.75, 3.05) is 26.2 Å². The summed E-state index contributed by atoms with van der Waals surface area (Å²) in [5.74, 6) is -3.38. The zero-order chi connectivity index (χ0) is 22.1. The first-order valence-electron chi connectivity index (χ1n) is 8.58. The van der Waals surface area contributed by atoms with Gasteiger partial charge in [-0.05, 0) is 42.5 Å². The number of hydrogen-bond donors (Lipinski definition) is 0. The van der Waals surface area contributed by atoms with Gasteiger partial charge in [0.05, 0.1) is 4.90 Å². The molecule has 0 spiro atoms. The van der Waals surface area contributed by atoms with Crippen LogP contribution in [0.2, 0.25) is 0 Å². The summed E-state index contributed by atoms with van der Waals surface area (Å²) in [5, 5.41) is 0. The Kier molecular flexibility index (Phi) is 5.99. The van der Waals surface area contributed by atoms with E-state index < -0.39 is 39.7 Å². The number of rotatable bonds is 4. The van der Waals surface area contributed by atoms with Gasteiger partial charge in [0.15, 0.2) is 11.6 Å². The molecular formula is C18H15F5N2O4S. The minimum absolute atomic E-state index is 0.00628. The molecule has 2 aromatic carbocycles. The van der Waals surface area contributed by atoms with E-state index >= 15 is 0 Å². The van der Waals surface area contributed by atoms with Gasteiger partial charge in [0.25, 0.3) is 5.91 Å². The third-order valence-electron chi connectivity index (χ3n) is 4.39. The molecule has 0 aliphatic carbocycles. The standard InChI is InChI=1S/C18H15F5N2O4S/c19-15-6-1-12(11-16(15)20)17(26)24-7-9-25(10-8-24)30(27,28)14-4-2-13(3-5-14)29-18(21,22)23/h1-6,11H,7-10H2. The predicted octanol–water partition coefficient (Wildman–Crippen LogP) is 3.01. The van der Waals surface area contributed by atoms with Crippen LogP contribution >= 0.6 is 0 Å². The van der Waals surface area contributed by atoms with Gasteiger partial charge in [0.2, 0.25) is 10.0 Å². The Labute approximate surface area is 168 Å². The maximum absolute atomic E-state index is 13.3. The molecule has 6 nitrogen and oxygen atoms in total. The SMILES string of the molecule is O=C(c1ccc(F)c(F)c1)N1CCN(S(=O)(=O)c2ccc(OC(F)(F)F)cc2)CC1. The van der Waals surface area contributed by atoms with E-state index in [-0.39, 0.29) is 36.6 Å². The van der Waals surface area contributed by atoms with E-state index in [0.29, 0.717) is 0 Å². The van der Waals surface area contributed by atoms with Crippen LogP contribution in [0.4, 0.5) is 22.0 Å². The minimum atomic E-state index is -4.89. The zero-order valence-corrected chi connectivity index (χ0v) is 16.0. The van der Waals surface area contributed by atoms with Crippen LogP contribution in [-0.2, 0) is 10.0 Å². The Morgan fingerprint density at radius 1 is 0.900 bits per heavy atom. The summed E-state index contributed by atoms with van der Waals surface area (Å²) in [7, 11) is -4.00. The number of halogens is 5. The molecule has 0 aromatic heterocycles. The summed E-state index contributed by atoms with van der Waals surface area (Å²) in [6.07, 6.45) is -4.89. The Hall–Kier alpha value is -2.73. The molecule has 162 valence electrons. The number of sulfonamides is 1. The van der Waals surface area contributed by atoms with Gasteiger partial charge in [-0.1, -0.05) is 0 Å². The molecule has 2 aromatic rings. The van der Waals surface area contributed by atoms with Gasteiger partial charge in [-0.2, -0.15) is 4.31 Å². The second-order valence-corrected chi connectivity index (χ2v) is 8.28. The largest absolute Gasteiger partial charge is 0.573 e. The number of piperazine rings is 1. The fraction of sp³-hybridized carbons (Fsp3) is 0.278. The van der Waals surface area contributed by atoms with Gasteiger partial charge in [-0.15, -0.1) is 13.2 Å². The molecule has 0 N–H and O–H groups in total. The smallest absolute Gasteiger partial charge is 0.406 e. The van der Waals surface area contributed by atoms with Gasteiger partial charge >= 0.3 is 6.36 Å². The molecule has 0 unspecified atom stereocenters. The summed E-state index contributed by atoms with van der Waals surface area (Å²) in [6.45, 7) is -0.129. The van der Waals surface area contributed by atoms with Gasteiger partial charge in [-0.3, -0.25) is 4.79 Å². The summed E-state index contributed by atoms with van der Waals surface area (Å²) >= 11 is 0. The molecule has 1 amide bonds. The van der Waals surface area contributed by atoms with E-state index in [1.54, 1.807) is 0 Å². The van der Waals surface area contributed by atoms with Crippen LogP contribution in [0.1, 0.15) is 10.4 Å². The monoisotopic (exact) mass is 450 g/mol. The number of ether oxygens (including phenoxy) is 1. The first-order valence-corrected chi connectivity index (χ1v) is 10.0. The summed E-state index contributed by atoms with van der Waals surface area (Å²) < 4.78 is 93.1. The second kappa shape index (κ2) is 8.19. The van der Waals surface area contributed by atoms with E-state index in [4.69, 9.17) is 0 Å². The molecule has 1 aliphatic heterocycles. The minimum Gasteiger partial charge on any atom is -0.406 e. The average molecular weight is 450 g/mol. The van der Waals surface area contributed by atoms with Crippen LogP contribution in [0, 0.1) is 11.6 Å². The van der Waals surface area contributed by atoms with E-state index in [9.17, 15) is 35.2 Å². The summed E-state index contributed by atoms with van der Waals surface area (Å²) in [5.41, 5.74) is -0.0644. The number of carbonyl (C=O) groups excluding carboxylic acids is 1. The van der Waals surface area contributed by atoms with Crippen LogP contribution < -0.4 is 4.74 Å². The first kappa shape index (κ1) is 22.0. The van der Waals surface area contributed by atoms with E-state index in [1.807, 2.05) is 0 Å². The van der Waals surface area contributed by atoms with Crippen molar-refractivity contribution < 1.29 is 39.9 Å². The number of amides is 1. The number of alkyl halides is 3. The first-order chi connectivity index (χ1) is 14.0. The third kappa shape index (κ3) is 4.87. The molecule has 0 bridgehead atoms. The quantitative estimate of drug-likeness (QED) is 0.672. The molecule has 1 aliphatic rings. The highest BCUT2D eigenvalue weighted by Gasteiger charge is 2.33. The van der Waals surface area contributed by atoms with Crippen molar-refractivity contribution >= 4 is 15.9 Å². The van der Waals surface area contributed by atoms with Crippen molar-refractivity contribution in [3.8, 4) is 5.75 Å². The molecule has 12 heteroatoms. The highest BCUT2D eigenvalue weighted by atomic mass is 32.2. The molecule has 1 saturated heterocycles. The predicted molar refractivity (Wildman–Crippen MR) is 94.1 cm³/mol. The average Bonchev–Trinajstić information content (AvgIpc) is 2.69. The van der Waals surface area contributed by atoms with Gasteiger partial charge in [0.1, 0.15) is 5.75 Å². The summed E-state index contributed by atoms with van der Waals surface area (Å²) in [6, 6.07) is 6.51. The van der Waals surface area contributed by atoms with Gasteiger partial charge in [0, 0.05) is 31.7 Å². The lowest BCUT2D eigenvalue weighted by molar-refractivity contribution is -0.274. The molecular weight excluding hydrogens is 435 g/mol. The number of benzene rings is 2. The normalized spacial score (nSPS) is 15.8. The van der Waals surface area contributed by atoms with Crippen LogP contribution in [0.15, 0.2) is 47.4 Å². The number of hydrogen-bond acceptors (Lipinski definition) is 4. The maximum atomic E-state index is 13.3. The maximum Gasteiger partial charge on any atom is 0.573 e. The van der Waals surface area contributed by atoms with Crippen LogP contribution in [-0.4, -0.2) is 56.1 Å². The Morgan fingerprint density at radius 3 is 2.03 bits per heavy atom. The molecule has 3 rings (SSSR count). The summed E-state index contributed by atoms with van der Waals surface area (Å²) in [4.78, 5) is 13.5. The lowest BCUT2D eigenvalue weighted by Gasteiger charge is -2.34. The second-order valence-electron chi connectivity index (χ2n) is 6.34. The molecule has 1 fully saturated rings. The van der Waals surface area contributed by atoms with Crippen molar-refractivity contribution in [3.05, 3.63) is 59.7 Å². The molecule has 0 radical (unpaired) electrons. The third-order valence-corrected chi connectivity index (χ3v) is 6.30. The molecule has 0 atom stereocenters. The van der Waals surface area contributed by atoms with Crippen molar-refractivity contribution in [2.24, 2.45) is 0 Å². The van der Waals surface area contributed by atoms with Crippen molar-refractivity contribution in [1.29, 1.82) is 0 Å². The van der Waals surface area contributed by atoms with Crippen molar-refractivity contribution in [1.82, 2.24) is 9.21 Å². The Bertz CT molecular complexity index is 1030. The number of nitrogens with zero attached hydrogens (tertiary/aromatic N) is 2. The molecule has 1 heterocycles. The Balaban J connectivity index is 1.66. The van der Waals surface area contributed by atoms with Gasteiger partial charge in [-0.25, -0.2) is 17.2 Å². The zero-order valence-electron chi connectivity index (χ0n) is 15.2. The molecule has 0 saturated carbocycles. The fourth-order valence-corrected chi connectivity index (χ4v) is 4.33. The van der Waals surface area contributed by atoms with Crippen LogP contribution in [0.3, 0.4) is 0 Å². The lowest BCUT2D eigenvalue weighted by atomic mass is 10.1. The topological polar surface area (TPSA) is 66.9 Å². The van der Waals surface area contributed by atoms with E-state index in [1.165, 1.54) is 4.90 Å². The Morgan fingerprint density at radius 2 is 1.50 bits per heavy atom. The van der Waals surface area contributed by atoms with Crippen molar-refractivity contribution in [3.63, 3.8) is 0 Å². The van der Waals surface area contributed by atoms with Gasteiger partial charge < -0.3 is 9.64 Å². The highest BCUT2D eigenvalue weighted by molar-refractivity contribution is 7.89. The lowest BCUT2D eigenvalue weighted by Crippen LogP contribution is -2.50. The number of carbonyl (C=O) groups is 1. The van der Waals surface area contributed by atoms with Crippen LogP contribution in [0.5, 0.6) is 5.75 Å². The van der Waals surface area contributed by atoms with Crippen molar-refractivity contribution in [2.45, 2.75) is 11.3 Å². The highest BCUT2D eigenvalue weighted by Crippen LogP contribution is 2.25. The van der Waals surface area contributed by atoms with Crippen LogP contribution in [0.25, 0.3) is 0 Å².